The van der Waals surface area contributed by atoms with E-state index in [1.54, 1.807) is 4.90 Å². The Morgan fingerprint density at radius 1 is 1.26 bits per heavy atom. The summed E-state index contributed by atoms with van der Waals surface area (Å²) in [6.07, 6.45) is 3.08. The average molecular weight is 327 g/mol. The fourth-order valence-electron chi connectivity index (χ4n) is 2.80. The molecule has 0 spiro atoms. The van der Waals surface area contributed by atoms with Crippen LogP contribution in [-0.4, -0.2) is 41.1 Å². The molecule has 1 N–H and O–H groups in total. The van der Waals surface area contributed by atoms with Crippen LogP contribution in [0.3, 0.4) is 0 Å². The fourth-order valence-corrected chi connectivity index (χ4v) is 2.80. The molecule has 1 aromatic rings. The first-order valence-corrected chi connectivity index (χ1v) is 7.55. The molecule has 1 saturated heterocycles. The molecule has 1 fully saturated rings. The van der Waals surface area contributed by atoms with Crippen LogP contribution in [0, 0.1) is 0 Å². The van der Waals surface area contributed by atoms with Crippen molar-refractivity contribution in [2.45, 2.75) is 44.8 Å². The number of ether oxygens (including phenoxy) is 1. The summed E-state index contributed by atoms with van der Waals surface area (Å²) in [6, 6.07) is 5.46. The first kappa shape index (κ1) is 17.2. The summed E-state index contributed by atoms with van der Waals surface area (Å²) >= 11 is 0. The van der Waals surface area contributed by atoms with Crippen molar-refractivity contribution in [1.82, 2.24) is 4.90 Å². The van der Waals surface area contributed by atoms with Gasteiger partial charge in [-0.25, -0.2) is 0 Å². The van der Waals surface area contributed by atoms with Gasteiger partial charge in [0.1, 0.15) is 5.75 Å². The van der Waals surface area contributed by atoms with Gasteiger partial charge in [-0.3, -0.25) is 9.59 Å². The highest BCUT2D eigenvalue weighted by Gasteiger charge is 2.27. The van der Waals surface area contributed by atoms with Crippen LogP contribution < -0.4 is 4.74 Å². The van der Waals surface area contributed by atoms with E-state index in [2.05, 4.69) is 4.74 Å². The Bertz CT molecular complexity index is 548. The molecule has 2 rings (SSSR count). The number of amides is 1. The number of carboxylic acids is 1. The maximum atomic E-state index is 12.6. The maximum absolute atomic E-state index is 12.6. The average Bonchev–Trinajstić information content (AvgIpc) is 2.52. The van der Waals surface area contributed by atoms with Gasteiger partial charge in [-0.05, 0) is 49.9 Å². The third kappa shape index (κ3) is 4.91. The predicted octanol–water partition coefficient (Wildman–Crippen LogP) is 3.15. The van der Waals surface area contributed by atoms with Crippen LogP contribution in [0.15, 0.2) is 24.3 Å². The van der Waals surface area contributed by atoms with E-state index < -0.39 is 12.6 Å². The number of likely N-dealkylation sites (tertiary alicyclic amines) is 1. The predicted molar refractivity (Wildman–Crippen MR) is 78.6 cm³/mol. The number of hydrogen-bond acceptors (Lipinski definition) is 3. The number of carbonyl (C=O) groups is 2. The Morgan fingerprint density at radius 3 is 2.57 bits per heavy atom. The summed E-state index contributed by atoms with van der Waals surface area (Å²) in [5.74, 6) is -1.09. The van der Waals surface area contributed by atoms with Crippen LogP contribution in [-0.2, 0) is 4.79 Å². The monoisotopic (exact) mass is 327 g/mol. The molecular formula is C16H19F2NO4. The molecule has 1 atom stereocenters. The van der Waals surface area contributed by atoms with E-state index in [4.69, 9.17) is 5.11 Å². The van der Waals surface area contributed by atoms with Gasteiger partial charge in [0, 0.05) is 24.6 Å². The number of alkyl halides is 2. The normalized spacial score (nSPS) is 18.0. The van der Waals surface area contributed by atoms with Crippen LogP contribution in [0.1, 0.15) is 42.5 Å². The summed E-state index contributed by atoms with van der Waals surface area (Å²) in [5.41, 5.74) is 0.383. The molecule has 0 bridgehead atoms. The van der Waals surface area contributed by atoms with Crippen molar-refractivity contribution >= 4 is 11.9 Å². The number of hydrogen-bond donors (Lipinski definition) is 1. The standard InChI is InChI=1S/C16H19F2NO4/c17-16(18)23-13-7-4-11(5-8-13)15(22)19-10-2-1-3-12(19)6-9-14(20)21/h4-5,7-8,12,16H,1-3,6,9-10H2,(H,20,21). The molecule has 5 nitrogen and oxygen atoms in total. The summed E-state index contributed by atoms with van der Waals surface area (Å²) in [5, 5.41) is 8.81. The fraction of sp³-hybridized carbons (Fsp3) is 0.500. The van der Waals surface area contributed by atoms with Gasteiger partial charge in [0.15, 0.2) is 0 Å². The van der Waals surface area contributed by atoms with Crippen LogP contribution in [0.5, 0.6) is 5.75 Å². The summed E-state index contributed by atoms with van der Waals surface area (Å²) in [4.78, 5) is 25.0. The number of halogens is 2. The van der Waals surface area contributed by atoms with E-state index in [0.717, 1.165) is 19.3 Å². The van der Waals surface area contributed by atoms with Crippen molar-refractivity contribution in [2.75, 3.05) is 6.54 Å². The van der Waals surface area contributed by atoms with Crippen molar-refractivity contribution in [3.05, 3.63) is 29.8 Å². The van der Waals surface area contributed by atoms with E-state index in [0.29, 0.717) is 18.5 Å². The zero-order chi connectivity index (χ0) is 16.8. The van der Waals surface area contributed by atoms with Crippen molar-refractivity contribution in [3.8, 4) is 5.75 Å². The smallest absolute Gasteiger partial charge is 0.387 e. The third-order valence-corrected chi connectivity index (χ3v) is 3.91. The number of carboxylic acid groups (broad SMARTS) is 1. The first-order chi connectivity index (χ1) is 11.0. The lowest BCUT2D eigenvalue weighted by molar-refractivity contribution is -0.137. The van der Waals surface area contributed by atoms with Crippen molar-refractivity contribution in [3.63, 3.8) is 0 Å². The number of piperidine rings is 1. The summed E-state index contributed by atoms with van der Waals surface area (Å²) < 4.78 is 28.5. The highest BCUT2D eigenvalue weighted by atomic mass is 19.3. The molecule has 1 aliphatic rings. The van der Waals surface area contributed by atoms with Crippen LogP contribution >= 0.6 is 0 Å². The van der Waals surface area contributed by atoms with Crippen LogP contribution in [0.4, 0.5) is 8.78 Å². The largest absolute Gasteiger partial charge is 0.481 e. The van der Waals surface area contributed by atoms with E-state index in [1.165, 1.54) is 24.3 Å². The SMILES string of the molecule is O=C(O)CCC1CCCCN1C(=O)c1ccc(OC(F)F)cc1. The molecule has 1 unspecified atom stereocenters. The van der Waals surface area contributed by atoms with Gasteiger partial charge in [-0.2, -0.15) is 8.78 Å². The third-order valence-electron chi connectivity index (χ3n) is 3.91. The van der Waals surface area contributed by atoms with Gasteiger partial charge in [0.2, 0.25) is 0 Å². The maximum Gasteiger partial charge on any atom is 0.387 e. The quantitative estimate of drug-likeness (QED) is 0.871. The van der Waals surface area contributed by atoms with E-state index in [-0.39, 0.29) is 24.1 Å². The Labute approximate surface area is 132 Å². The minimum absolute atomic E-state index is 0.00220. The molecule has 1 heterocycles. The molecule has 0 radical (unpaired) electrons. The van der Waals surface area contributed by atoms with E-state index >= 15 is 0 Å². The van der Waals surface area contributed by atoms with Gasteiger partial charge in [-0.1, -0.05) is 0 Å². The molecule has 0 aliphatic carbocycles. The highest BCUT2D eigenvalue weighted by molar-refractivity contribution is 5.94. The lowest BCUT2D eigenvalue weighted by Gasteiger charge is -2.35. The Morgan fingerprint density at radius 2 is 1.96 bits per heavy atom. The van der Waals surface area contributed by atoms with Gasteiger partial charge >= 0.3 is 12.6 Å². The second kappa shape index (κ2) is 7.89. The first-order valence-electron chi connectivity index (χ1n) is 7.55. The van der Waals surface area contributed by atoms with Crippen LogP contribution in [0.2, 0.25) is 0 Å². The van der Waals surface area contributed by atoms with Crippen LogP contribution in [0.25, 0.3) is 0 Å². The molecule has 0 saturated carbocycles. The van der Waals surface area contributed by atoms with Crippen molar-refractivity contribution in [2.24, 2.45) is 0 Å². The molecule has 7 heteroatoms. The van der Waals surface area contributed by atoms with Gasteiger partial charge in [-0.15, -0.1) is 0 Å². The van der Waals surface area contributed by atoms with Gasteiger partial charge < -0.3 is 14.7 Å². The van der Waals surface area contributed by atoms with Crippen molar-refractivity contribution in [1.29, 1.82) is 0 Å². The number of nitrogens with zero attached hydrogens (tertiary/aromatic N) is 1. The lowest BCUT2D eigenvalue weighted by Crippen LogP contribution is -2.43. The molecule has 23 heavy (non-hydrogen) atoms. The number of benzene rings is 1. The minimum atomic E-state index is -2.90. The molecule has 126 valence electrons. The Balaban J connectivity index is 2.05. The number of carbonyl (C=O) groups excluding carboxylic acids is 1. The second-order valence-electron chi connectivity index (χ2n) is 5.48. The zero-order valence-electron chi connectivity index (χ0n) is 12.6. The molecule has 1 aromatic carbocycles. The molecule has 0 aromatic heterocycles. The van der Waals surface area contributed by atoms with Gasteiger partial charge in [0.25, 0.3) is 5.91 Å². The van der Waals surface area contributed by atoms with E-state index in [9.17, 15) is 18.4 Å². The molecular weight excluding hydrogens is 308 g/mol. The Kier molecular flexibility index (Phi) is 5.90. The minimum Gasteiger partial charge on any atom is -0.481 e. The second-order valence-corrected chi connectivity index (χ2v) is 5.48. The lowest BCUT2D eigenvalue weighted by atomic mass is 9.97. The topological polar surface area (TPSA) is 66.8 Å². The van der Waals surface area contributed by atoms with Crippen molar-refractivity contribution < 1.29 is 28.2 Å². The highest BCUT2D eigenvalue weighted by Crippen LogP contribution is 2.24. The number of rotatable bonds is 6. The molecule has 1 amide bonds. The number of aliphatic carboxylic acids is 1. The van der Waals surface area contributed by atoms with E-state index in [1.807, 2.05) is 0 Å². The Hall–Kier alpha value is -2.18. The van der Waals surface area contributed by atoms with Gasteiger partial charge in [0.05, 0.1) is 0 Å². The summed E-state index contributed by atoms with van der Waals surface area (Å²) in [6.45, 7) is -2.32. The molecule has 1 aliphatic heterocycles. The zero-order valence-corrected chi connectivity index (χ0v) is 12.6. The summed E-state index contributed by atoms with van der Waals surface area (Å²) in [7, 11) is 0.